The number of aliphatic hydroxyl groups is 1. The Morgan fingerprint density at radius 3 is 3.12 bits per heavy atom. The van der Waals surface area contributed by atoms with E-state index < -0.39 is 0 Å². The van der Waals surface area contributed by atoms with Crippen LogP contribution in [0, 0.1) is 5.41 Å². The van der Waals surface area contributed by atoms with Crippen LogP contribution < -0.4 is 5.32 Å². The third kappa shape index (κ3) is 1.84. The van der Waals surface area contributed by atoms with E-state index in [4.69, 9.17) is 5.11 Å². The molecule has 1 atom stereocenters. The van der Waals surface area contributed by atoms with Gasteiger partial charge < -0.3 is 10.4 Å². The van der Waals surface area contributed by atoms with Crippen LogP contribution in [0.3, 0.4) is 0 Å². The molecular weight excluding hydrogens is 214 g/mol. The number of aliphatic hydroxyl groups excluding tert-OH is 1. The van der Waals surface area contributed by atoms with Gasteiger partial charge in [0.2, 0.25) is 0 Å². The maximum absolute atomic E-state index is 8.91. The minimum absolute atomic E-state index is 0.256. The van der Waals surface area contributed by atoms with Crippen molar-refractivity contribution in [2.75, 3.05) is 18.5 Å². The van der Waals surface area contributed by atoms with Crippen molar-refractivity contribution in [2.45, 2.75) is 45.1 Å². The summed E-state index contributed by atoms with van der Waals surface area (Å²) in [6.07, 6.45) is 7.57. The molecule has 2 heterocycles. The van der Waals surface area contributed by atoms with Gasteiger partial charge in [-0.1, -0.05) is 6.92 Å². The van der Waals surface area contributed by atoms with Crippen molar-refractivity contribution in [2.24, 2.45) is 5.41 Å². The van der Waals surface area contributed by atoms with Gasteiger partial charge in [0.1, 0.15) is 5.82 Å². The Morgan fingerprint density at radius 1 is 1.59 bits per heavy atom. The minimum atomic E-state index is 0.256. The van der Waals surface area contributed by atoms with Crippen molar-refractivity contribution in [3.8, 4) is 0 Å². The van der Waals surface area contributed by atoms with E-state index in [1.165, 1.54) is 30.6 Å². The van der Waals surface area contributed by atoms with Gasteiger partial charge in [-0.3, -0.25) is 0 Å². The Hall–Kier alpha value is -1.03. The van der Waals surface area contributed by atoms with Crippen molar-refractivity contribution in [3.05, 3.63) is 11.8 Å². The van der Waals surface area contributed by atoms with E-state index in [1.54, 1.807) is 0 Å². The number of rotatable bonds is 4. The minimum Gasteiger partial charge on any atom is -0.396 e. The molecule has 1 aliphatic carbocycles. The summed E-state index contributed by atoms with van der Waals surface area (Å²) in [6.45, 7) is 3.69. The Morgan fingerprint density at radius 2 is 2.41 bits per heavy atom. The highest BCUT2D eigenvalue weighted by atomic mass is 16.2. The van der Waals surface area contributed by atoms with Crippen molar-refractivity contribution >= 4 is 5.82 Å². The second-order valence-electron chi connectivity index (χ2n) is 5.68. The molecule has 4 nitrogen and oxygen atoms in total. The third-order valence-electron chi connectivity index (χ3n) is 4.32. The van der Waals surface area contributed by atoms with Gasteiger partial charge in [-0.15, -0.1) is 0 Å². The average molecular weight is 235 g/mol. The van der Waals surface area contributed by atoms with Gasteiger partial charge in [-0.05, 0) is 37.5 Å². The molecule has 0 amide bonds. The zero-order chi connectivity index (χ0) is 11.9. The summed E-state index contributed by atoms with van der Waals surface area (Å²) < 4.78 is 2.20. The van der Waals surface area contributed by atoms with Crippen LogP contribution in [0.1, 0.15) is 44.2 Å². The monoisotopic (exact) mass is 235 g/mol. The normalized spacial score (nSPS) is 25.2. The molecule has 0 saturated heterocycles. The van der Waals surface area contributed by atoms with E-state index in [0.29, 0.717) is 11.5 Å². The molecule has 1 unspecified atom stereocenters. The van der Waals surface area contributed by atoms with Crippen LogP contribution >= 0.6 is 0 Å². The van der Waals surface area contributed by atoms with E-state index in [2.05, 4.69) is 22.0 Å². The fourth-order valence-electron chi connectivity index (χ4n) is 2.90. The van der Waals surface area contributed by atoms with Crippen LogP contribution in [-0.4, -0.2) is 28.0 Å². The van der Waals surface area contributed by atoms with Gasteiger partial charge in [-0.2, -0.15) is 5.10 Å². The maximum atomic E-state index is 8.91. The molecule has 2 aliphatic rings. The SMILES string of the molecule is CC1(C2CCNc3c(CCCO)cnn32)CC1. The van der Waals surface area contributed by atoms with Crippen molar-refractivity contribution in [3.63, 3.8) is 0 Å². The third-order valence-corrected chi connectivity index (χ3v) is 4.32. The van der Waals surface area contributed by atoms with Crippen molar-refractivity contribution in [1.82, 2.24) is 9.78 Å². The number of nitrogens with zero attached hydrogens (tertiary/aromatic N) is 2. The molecule has 17 heavy (non-hydrogen) atoms. The van der Waals surface area contributed by atoms with E-state index in [9.17, 15) is 0 Å². The highest BCUT2D eigenvalue weighted by molar-refractivity contribution is 5.46. The number of hydrogen-bond acceptors (Lipinski definition) is 3. The van der Waals surface area contributed by atoms with Gasteiger partial charge in [0.05, 0.1) is 12.2 Å². The molecule has 4 heteroatoms. The molecule has 0 radical (unpaired) electrons. The average Bonchev–Trinajstić information content (AvgIpc) is 2.96. The summed E-state index contributed by atoms with van der Waals surface area (Å²) in [6, 6.07) is 0.571. The first kappa shape index (κ1) is 11.1. The number of anilines is 1. The number of hydrogen-bond donors (Lipinski definition) is 2. The predicted octanol–water partition coefficient (Wildman–Crippen LogP) is 1.96. The van der Waals surface area contributed by atoms with Gasteiger partial charge in [-0.25, -0.2) is 4.68 Å². The van der Waals surface area contributed by atoms with Crippen molar-refractivity contribution in [1.29, 1.82) is 0 Å². The molecule has 1 aromatic heterocycles. The van der Waals surface area contributed by atoms with E-state index in [1.807, 2.05) is 6.20 Å². The first-order chi connectivity index (χ1) is 8.24. The Kier molecular flexibility index (Phi) is 2.62. The first-order valence-corrected chi connectivity index (χ1v) is 6.66. The summed E-state index contributed by atoms with van der Waals surface area (Å²) in [7, 11) is 0. The van der Waals surface area contributed by atoms with Gasteiger partial charge in [0.15, 0.2) is 0 Å². The van der Waals surface area contributed by atoms with Gasteiger partial charge >= 0.3 is 0 Å². The quantitative estimate of drug-likeness (QED) is 0.839. The highest BCUT2D eigenvalue weighted by Gasteiger charge is 2.47. The topological polar surface area (TPSA) is 50.1 Å². The predicted molar refractivity (Wildman–Crippen MR) is 67.1 cm³/mol. The zero-order valence-electron chi connectivity index (χ0n) is 10.4. The van der Waals surface area contributed by atoms with Crippen LogP contribution in [0.15, 0.2) is 6.20 Å². The van der Waals surface area contributed by atoms with E-state index in [0.717, 1.165) is 19.4 Å². The lowest BCUT2D eigenvalue weighted by molar-refractivity contribution is 0.283. The number of nitrogens with one attached hydrogen (secondary N) is 1. The van der Waals surface area contributed by atoms with E-state index >= 15 is 0 Å². The second-order valence-corrected chi connectivity index (χ2v) is 5.68. The largest absolute Gasteiger partial charge is 0.396 e. The molecular formula is C13H21N3O. The van der Waals surface area contributed by atoms with Gasteiger partial charge in [0.25, 0.3) is 0 Å². The molecule has 1 fully saturated rings. The lowest BCUT2D eigenvalue weighted by Crippen LogP contribution is -2.29. The fraction of sp³-hybridized carbons (Fsp3) is 0.769. The number of fused-ring (bicyclic) bond motifs is 1. The Labute approximate surface area is 102 Å². The fourth-order valence-corrected chi connectivity index (χ4v) is 2.90. The van der Waals surface area contributed by atoms with E-state index in [-0.39, 0.29) is 6.61 Å². The zero-order valence-corrected chi connectivity index (χ0v) is 10.4. The summed E-state index contributed by atoms with van der Waals surface area (Å²) in [5, 5.41) is 17.0. The molecule has 94 valence electrons. The smallest absolute Gasteiger partial charge is 0.127 e. The van der Waals surface area contributed by atoms with Crippen LogP contribution in [0.25, 0.3) is 0 Å². The number of aryl methyl sites for hydroxylation is 1. The van der Waals surface area contributed by atoms with Crippen LogP contribution in [0.4, 0.5) is 5.82 Å². The summed E-state index contributed by atoms with van der Waals surface area (Å²) >= 11 is 0. The number of aromatic nitrogens is 2. The van der Waals surface area contributed by atoms with Crippen LogP contribution in [-0.2, 0) is 6.42 Å². The summed E-state index contributed by atoms with van der Waals surface area (Å²) in [5.74, 6) is 1.20. The van der Waals surface area contributed by atoms with Crippen molar-refractivity contribution < 1.29 is 5.11 Å². The molecule has 0 spiro atoms. The lowest BCUT2D eigenvalue weighted by Gasteiger charge is -2.31. The molecule has 1 saturated carbocycles. The molecule has 2 N–H and O–H groups in total. The molecule has 0 bridgehead atoms. The summed E-state index contributed by atoms with van der Waals surface area (Å²) in [5.41, 5.74) is 1.74. The van der Waals surface area contributed by atoms with Crippen LogP contribution in [0.2, 0.25) is 0 Å². The van der Waals surface area contributed by atoms with Crippen LogP contribution in [0.5, 0.6) is 0 Å². The Bertz CT molecular complexity index is 409. The molecule has 3 rings (SSSR count). The summed E-state index contributed by atoms with van der Waals surface area (Å²) in [4.78, 5) is 0. The molecule has 1 aliphatic heterocycles. The second kappa shape index (κ2) is 4.02. The maximum Gasteiger partial charge on any atom is 0.127 e. The Balaban J connectivity index is 1.86. The standard InChI is InChI=1S/C13H21N3O/c1-13(5-6-13)11-4-7-14-12-10(3-2-8-17)9-15-16(11)12/h9,11,14,17H,2-8H2,1H3. The first-order valence-electron chi connectivity index (χ1n) is 6.66. The molecule has 0 aromatic carbocycles. The molecule has 1 aromatic rings. The van der Waals surface area contributed by atoms with Gasteiger partial charge in [0, 0.05) is 18.7 Å². The highest BCUT2D eigenvalue weighted by Crippen LogP contribution is 2.56. The lowest BCUT2D eigenvalue weighted by atomic mass is 9.94.